The fraction of sp³-hybridized carbons (Fsp3) is 1.00. The summed E-state index contributed by atoms with van der Waals surface area (Å²) in [5.41, 5.74) is 6.36. The van der Waals surface area contributed by atoms with E-state index in [9.17, 15) is 0 Å². The van der Waals surface area contributed by atoms with Crippen LogP contribution in [0.4, 0.5) is 0 Å². The van der Waals surface area contributed by atoms with Gasteiger partial charge in [0.15, 0.2) is 6.29 Å². The maximum atomic E-state index is 6.11. The van der Waals surface area contributed by atoms with Crippen LogP contribution in [0.3, 0.4) is 0 Å². The SMILES string of the molecule is CCOC(CC(N)[Si](C)(C)C)OCC. The molecule has 0 aromatic heterocycles. The van der Waals surface area contributed by atoms with Gasteiger partial charge in [0.1, 0.15) is 0 Å². The molecule has 0 amide bonds. The van der Waals surface area contributed by atoms with E-state index in [0.717, 1.165) is 6.42 Å². The smallest absolute Gasteiger partial charge is 0.158 e. The predicted molar refractivity (Wildman–Crippen MR) is 63.0 cm³/mol. The van der Waals surface area contributed by atoms with Gasteiger partial charge in [0, 0.05) is 25.3 Å². The second-order valence-electron chi connectivity index (χ2n) is 4.55. The summed E-state index contributed by atoms with van der Waals surface area (Å²) in [7, 11) is -1.26. The molecule has 0 fully saturated rings. The Hall–Kier alpha value is 0.0969. The number of nitrogens with two attached hydrogens (primary N) is 1. The molecule has 0 heterocycles. The molecule has 14 heavy (non-hydrogen) atoms. The minimum atomic E-state index is -1.26. The Labute approximate surface area is 89.0 Å². The van der Waals surface area contributed by atoms with Gasteiger partial charge in [-0.05, 0) is 13.8 Å². The van der Waals surface area contributed by atoms with Crippen LogP contribution in [0.15, 0.2) is 0 Å². The van der Waals surface area contributed by atoms with E-state index in [1.165, 1.54) is 0 Å². The fourth-order valence-electron chi connectivity index (χ4n) is 1.12. The molecule has 3 nitrogen and oxygen atoms in total. The summed E-state index contributed by atoms with van der Waals surface area (Å²) < 4.78 is 10.9. The third kappa shape index (κ3) is 5.75. The Bertz CT molecular complexity index is 142. The van der Waals surface area contributed by atoms with Gasteiger partial charge < -0.3 is 15.2 Å². The summed E-state index contributed by atoms with van der Waals surface area (Å²) >= 11 is 0. The molecule has 1 atom stereocenters. The van der Waals surface area contributed by atoms with E-state index in [4.69, 9.17) is 15.2 Å². The van der Waals surface area contributed by atoms with E-state index >= 15 is 0 Å². The first-order valence-electron chi connectivity index (χ1n) is 5.40. The Balaban J connectivity index is 4.01. The standard InChI is InChI=1S/C10H25NO2Si/c1-6-12-10(13-7-2)8-9(11)14(3,4)5/h9-10H,6-8,11H2,1-5H3. The zero-order valence-corrected chi connectivity index (χ0v) is 11.2. The van der Waals surface area contributed by atoms with E-state index < -0.39 is 8.07 Å². The average Bonchev–Trinajstić information content (AvgIpc) is 2.03. The summed E-state index contributed by atoms with van der Waals surface area (Å²) in [6.45, 7) is 12.1. The Morgan fingerprint density at radius 2 is 1.50 bits per heavy atom. The average molecular weight is 219 g/mol. The molecule has 0 aromatic rings. The predicted octanol–water partition coefficient (Wildman–Crippen LogP) is 1.98. The second-order valence-corrected chi connectivity index (χ2v) is 10.0. The summed E-state index contributed by atoms with van der Waals surface area (Å²) in [6.07, 6.45) is 0.698. The third-order valence-corrected chi connectivity index (χ3v) is 4.72. The van der Waals surface area contributed by atoms with Gasteiger partial charge in [-0.3, -0.25) is 0 Å². The van der Waals surface area contributed by atoms with Crippen LogP contribution < -0.4 is 5.73 Å². The van der Waals surface area contributed by atoms with Crippen LogP contribution in [-0.4, -0.2) is 33.2 Å². The van der Waals surface area contributed by atoms with E-state index in [2.05, 4.69) is 19.6 Å². The van der Waals surface area contributed by atoms with E-state index in [1.807, 2.05) is 13.8 Å². The van der Waals surface area contributed by atoms with Crippen molar-refractivity contribution in [2.75, 3.05) is 13.2 Å². The molecule has 0 aliphatic carbocycles. The molecule has 0 saturated carbocycles. The van der Waals surface area contributed by atoms with Crippen molar-refractivity contribution in [2.45, 2.75) is 51.9 Å². The van der Waals surface area contributed by atoms with Crippen LogP contribution in [0.2, 0.25) is 19.6 Å². The molecule has 0 radical (unpaired) electrons. The highest BCUT2D eigenvalue weighted by Crippen LogP contribution is 2.13. The van der Waals surface area contributed by atoms with Crippen molar-refractivity contribution >= 4 is 8.07 Å². The summed E-state index contributed by atoms with van der Waals surface area (Å²) in [6, 6.07) is 0. The van der Waals surface area contributed by atoms with Crippen molar-refractivity contribution in [3.05, 3.63) is 0 Å². The highest BCUT2D eigenvalue weighted by molar-refractivity contribution is 6.77. The molecular formula is C10H25NO2Si. The van der Waals surface area contributed by atoms with Crippen LogP contribution in [0.25, 0.3) is 0 Å². The van der Waals surface area contributed by atoms with E-state index in [0.29, 0.717) is 13.2 Å². The zero-order valence-electron chi connectivity index (χ0n) is 10.2. The number of rotatable bonds is 7. The first-order valence-corrected chi connectivity index (χ1v) is 8.98. The molecule has 1 unspecified atom stereocenters. The Morgan fingerprint density at radius 3 is 1.79 bits per heavy atom. The van der Waals surface area contributed by atoms with Crippen LogP contribution in [0.1, 0.15) is 20.3 Å². The highest BCUT2D eigenvalue weighted by Gasteiger charge is 2.26. The number of ether oxygens (including phenoxy) is 2. The van der Waals surface area contributed by atoms with Gasteiger partial charge in [0.25, 0.3) is 0 Å². The zero-order chi connectivity index (χ0) is 11.2. The molecule has 0 aromatic carbocycles. The lowest BCUT2D eigenvalue weighted by Gasteiger charge is -2.28. The Morgan fingerprint density at radius 1 is 1.07 bits per heavy atom. The second kappa shape index (κ2) is 6.56. The molecule has 0 aliphatic heterocycles. The van der Waals surface area contributed by atoms with Crippen LogP contribution in [0, 0.1) is 0 Å². The summed E-state index contributed by atoms with van der Waals surface area (Å²) in [5, 5.41) is 0. The maximum Gasteiger partial charge on any atom is 0.158 e. The van der Waals surface area contributed by atoms with Gasteiger partial charge in [-0.1, -0.05) is 19.6 Å². The lowest BCUT2D eigenvalue weighted by Crippen LogP contribution is -2.47. The van der Waals surface area contributed by atoms with E-state index in [1.54, 1.807) is 0 Å². The van der Waals surface area contributed by atoms with Gasteiger partial charge in [0.2, 0.25) is 0 Å². The molecule has 4 heteroatoms. The van der Waals surface area contributed by atoms with Gasteiger partial charge in [-0.2, -0.15) is 0 Å². The highest BCUT2D eigenvalue weighted by atomic mass is 28.3. The van der Waals surface area contributed by atoms with E-state index in [-0.39, 0.29) is 12.0 Å². The molecule has 0 aliphatic rings. The van der Waals surface area contributed by atoms with Gasteiger partial charge in [0.05, 0.1) is 8.07 Å². The van der Waals surface area contributed by atoms with Crippen molar-refractivity contribution in [3.63, 3.8) is 0 Å². The quantitative estimate of drug-likeness (QED) is 0.526. The number of hydrogen-bond acceptors (Lipinski definition) is 3. The molecule has 0 spiro atoms. The van der Waals surface area contributed by atoms with Crippen LogP contribution in [-0.2, 0) is 9.47 Å². The van der Waals surface area contributed by atoms with Gasteiger partial charge in [-0.25, -0.2) is 0 Å². The largest absolute Gasteiger partial charge is 0.353 e. The van der Waals surface area contributed by atoms with Crippen molar-refractivity contribution in [2.24, 2.45) is 5.73 Å². The maximum absolute atomic E-state index is 6.11. The van der Waals surface area contributed by atoms with Crippen molar-refractivity contribution in [1.82, 2.24) is 0 Å². The topological polar surface area (TPSA) is 44.5 Å². The lowest BCUT2D eigenvalue weighted by molar-refractivity contribution is -0.139. The molecule has 0 saturated heterocycles. The van der Waals surface area contributed by atoms with Gasteiger partial charge >= 0.3 is 0 Å². The third-order valence-electron chi connectivity index (χ3n) is 2.26. The first-order chi connectivity index (χ1) is 6.41. The minimum Gasteiger partial charge on any atom is -0.353 e. The molecule has 0 bridgehead atoms. The Kier molecular flexibility index (Phi) is 6.60. The van der Waals surface area contributed by atoms with Crippen LogP contribution in [0.5, 0.6) is 0 Å². The van der Waals surface area contributed by atoms with Crippen molar-refractivity contribution < 1.29 is 9.47 Å². The molecule has 86 valence electrons. The monoisotopic (exact) mass is 219 g/mol. The normalized spacial score (nSPS) is 14.8. The molecule has 2 N–H and O–H groups in total. The fourth-order valence-corrected chi connectivity index (χ4v) is 2.02. The van der Waals surface area contributed by atoms with Gasteiger partial charge in [-0.15, -0.1) is 0 Å². The lowest BCUT2D eigenvalue weighted by atomic mass is 10.4. The first kappa shape index (κ1) is 14.1. The number of hydrogen-bond donors (Lipinski definition) is 1. The summed E-state index contributed by atoms with van der Waals surface area (Å²) in [5.74, 6) is 0. The van der Waals surface area contributed by atoms with Crippen LogP contribution >= 0.6 is 0 Å². The minimum absolute atomic E-state index is 0.119. The van der Waals surface area contributed by atoms with Crippen molar-refractivity contribution in [3.8, 4) is 0 Å². The summed E-state index contributed by atoms with van der Waals surface area (Å²) in [4.78, 5) is 0. The van der Waals surface area contributed by atoms with Crippen molar-refractivity contribution in [1.29, 1.82) is 0 Å². The molecule has 0 rings (SSSR count). The molecular weight excluding hydrogens is 194 g/mol.